The Morgan fingerprint density at radius 3 is 2.77 bits per heavy atom. The van der Waals surface area contributed by atoms with Gasteiger partial charge in [-0.25, -0.2) is 9.97 Å². The molecule has 1 amide bonds. The highest BCUT2D eigenvalue weighted by Gasteiger charge is 2.28. The summed E-state index contributed by atoms with van der Waals surface area (Å²) in [5.74, 6) is 1.05. The summed E-state index contributed by atoms with van der Waals surface area (Å²) in [4.78, 5) is 26.2. The van der Waals surface area contributed by atoms with Crippen molar-refractivity contribution in [2.24, 2.45) is 0 Å². The molecule has 0 radical (unpaired) electrons. The van der Waals surface area contributed by atoms with Crippen molar-refractivity contribution < 1.29 is 4.79 Å². The lowest BCUT2D eigenvalue weighted by atomic mass is 9.89. The van der Waals surface area contributed by atoms with Crippen LogP contribution in [-0.2, 0) is 11.2 Å². The second kappa shape index (κ2) is 9.14. The van der Waals surface area contributed by atoms with Gasteiger partial charge in [0.25, 0.3) is 0 Å². The first-order valence-corrected chi connectivity index (χ1v) is 11.4. The van der Waals surface area contributed by atoms with Gasteiger partial charge in [0.1, 0.15) is 0 Å². The van der Waals surface area contributed by atoms with E-state index >= 15 is 0 Å². The summed E-state index contributed by atoms with van der Waals surface area (Å²) in [6, 6.07) is 9.80. The van der Waals surface area contributed by atoms with Crippen molar-refractivity contribution in [1.29, 1.82) is 0 Å². The highest BCUT2D eigenvalue weighted by atomic mass is 35.5. The molecule has 3 aromatic rings. The van der Waals surface area contributed by atoms with E-state index in [0.717, 1.165) is 41.8 Å². The summed E-state index contributed by atoms with van der Waals surface area (Å²) in [5.41, 5.74) is 4.14. The van der Waals surface area contributed by atoms with E-state index in [1.54, 1.807) is 11.3 Å². The van der Waals surface area contributed by atoms with Gasteiger partial charge in [-0.2, -0.15) is 11.3 Å². The number of amides is 1. The Morgan fingerprint density at radius 2 is 2.07 bits per heavy atom. The van der Waals surface area contributed by atoms with E-state index in [0.29, 0.717) is 23.9 Å². The van der Waals surface area contributed by atoms with Gasteiger partial charge in [0.15, 0.2) is 0 Å². The van der Waals surface area contributed by atoms with Crippen molar-refractivity contribution in [3.63, 3.8) is 0 Å². The Kier molecular flexibility index (Phi) is 6.35. The molecule has 0 saturated carbocycles. The molecular formula is C23H25ClN4OS. The van der Waals surface area contributed by atoms with Crippen molar-refractivity contribution in [1.82, 2.24) is 14.9 Å². The predicted octanol–water partition coefficient (Wildman–Crippen LogP) is 4.87. The van der Waals surface area contributed by atoms with E-state index in [4.69, 9.17) is 16.6 Å². The molecule has 30 heavy (non-hydrogen) atoms. The summed E-state index contributed by atoms with van der Waals surface area (Å²) in [6.07, 6.45) is 4.34. The Hall–Kier alpha value is -2.44. The van der Waals surface area contributed by atoms with Gasteiger partial charge < -0.3 is 9.80 Å². The summed E-state index contributed by atoms with van der Waals surface area (Å²) in [5, 5.41) is 4.77. The number of thiophene rings is 1. The average molecular weight is 441 g/mol. The number of carbonyl (C=O) groups is 1. The first-order valence-electron chi connectivity index (χ1n) is 10.1. The number of anilines is 1. The minimum atomic E-state index is 0.178. The maximum absolute atomic E-state index is 12.9. The van der Waals surface area contributed by atoms with Crippen LogP contribution in [0.2, 0.25) is 5.02 Å². The summed E-state index contributed by atoms with van der Waals surface area (Å²) < 4.78 is 0. The normalized spacial score (nSPS) is 16.5. The molecule has 1 aromatic carbocycles. The molecule has 1 fully saturated rings. The topological polar surface area (TPSA) is 49.3 Å². The Bertz CT molecular complexity index is 1000. The molecule has 1 aliphatic rings. The zero-order valence-electron chi connectivity index (χ0n) is 17.2. The van der Waals surface area contributed by atoms with E-state index < -0.39 is 0 Å². The average Bonchev–Trinajstić information content (AvgIpc) is 3.27. The monoisotopic (exact) mass is 440 g/mol. The molecule has 156 valence electrons. The smallest absolute Gasteiger partial charge is 0.227 e. The largest absolute Gasteiger partial charge is 0.347 e. The Balaban J connectivity index is 1.63. The lowest BCUT2D eigenvalue weighted by Gasteiger charge is -2.33. The maximum atomic E-state index is 12.9. The van der Waals surface area contributed by atoms with Crippen LogP contribution in [0.15, 0.2) is 47.3 Å². The fourth-order valence-electron chi connectivity index (χ4n) is 3.87. The number of likely N-dealkylation sites (tertiary alicyclic amines) is 1. The first kappa shape index (κ1) is 20.8. The van der Waals surface area contributed by atoms with Crippen LogP contribution in [0.25, 0.3) is 11.1 Å². The number of benzene rings is 1. The van der Waals surface area contributed by atoms with Crippen LogP contribution in [0, 0.1) is 0 Å². The number of rotatable bonds is 5. The molecule has 0 N–H and O–H groups in total. The minimum Gasteiger partial charge on any atom is -0.347 e. The molecule has 1 unspecified atom stereocenters. The van der Waals surface area contributed by atoms with Gasteiger partial charge in [0.05, 0.1) is 12.1 Å². The molecule has 5 nitrogen and oxygen atoms in total. The number of aromatic nitrogens is 2. The predicted molar refractivity (Wildman–Crippen MR) is 123 cm³/mol. The van der Waals surface area contributed by atoms with Crippen LogP contribution in [0.4, 0.5) is 5.95 Å². The molecule has 0 spiro atoms. The third-order valence-electron chi connectivity index (χ3n) is 5.46. The van der Waals surface area contributed by atoms with Gasteiger partial charge in [-0.3, -0.25) is 4.79 Å². The molecule has 2 aromatic heterocycles. The standard InChI is InChI=1S/C23H25ClN4OS/c1-27(2)23-25-13-20(17-5-7-19(24)8-6-17)22(26-23)18-4-3-10-28(14-18)21(29)12-16-9-11-30-15-16/h5-9,11,13,15,18H,3-4,10,12,14H2,1-2H3. The van der Waals surface area contributed by atoms with Crippen molar-refractivity contribution >= 4 is 34.8 Å². The van der Waals surface area contributed by atoms with Crippen molar-refractivity contribution in [2.45, 2.75) is 25.2 Å². The molecule has 0 aliphatic carbocycles. The van der Waals surface area contributed by atoms with Crippen LogP contribution < -0.4 is 4.90 Å². The highest BCUT2D eigenvalue weighted by Crippen LogP contribution is 2.34. The van der Waals surface area contributed by atoms with Crippen LogP contribution in [0.3, 0.4) is 0 Å². The molecule has 0 bridgehead atoms. The summed E-state index contributed by atoms with van der Waals surface area (Å²) >= 11 is 7.71. The number of carbonyl (C=O) groups excluding carboxylic acids is 1. The fourth-order valence-corrected chi connectivity index (χ4v) is 4.66. The van der Waals surface area contributed by atoms with Crippen LogP contribution >= 0.6 is 22.9 Å². The Morgan fingerprint density at radius 1 is 1.27 bits per heavy atom. The van der Waals surface area contributed by atoms with Gasteiger partial charge in [-0.15, -0.1) is 0 Å². The lowest BCUT2D eigenvalue weighted by molar-refractivity contribution is -0.131. The van der Waals surface area contributed by atoms with Crippen molar-refractivity contribution in [2.75, 3.05) is 32.1 Å². The number of hydrogen-bond acceptors (Lipinski definition) is 5. The molecular weight excluding hydrogens is 416 g/mol. The van der Waals surface area contributed by atoms with Crippen LogP contribution in [0.1, 0.15) is 30.0 Å². The molecule has 3 heterocycles. The fraction of sp³-hybridized carbons (Fsp3) is 0.348. The zero-order valence-corrected chi connectivity index (χ0v) is 18.8. The first-order chi connectivity index (χ1) is 14.5. The summed E-state index contributed by atoms with van der Waals surface area (Å²) in [6.45, 7) is 1.49. The van der Waals surface area contributed by atoms with E-state index in [-0.39, 0.29) is 11.8 Å². The van der Waals surface area contributed by atoms with E-state index in [1.165, 1.54) is 0 Å². The molecule has 4 rings (SSSR count). The zero-order chi connectivity index (χ0) is 21.1. The second-order valence-electron chi connectivity index (χ2n) is 7.86. The number of piperidine rings is 1. The van der Waals surface area contributed by atoms with Crippen molar-refractivity contribution in [3.05, 3.63) is 63.6 Å². The molecule has 1 saturated heterocycles. The molecule has 7 heteroatoms. The van der Waals surface area contributed by atoms with Gasteiger partial charge in [-0.1, -0.05) is 23.7 Å². The van der Waals surface area contributed by atoms with Gasteiger partial charge >= 0.3 is 0 Å². The third kappa shape index (κ3) is 4.65. The van der Waals surface area contributed by atoms with Crippen LogP contribution in [-0.4, -0.2) is 48.0 Å². The highest BCUT2D eigenvalue weighted by molar-refractivity contribution is 7.08. The number of halogens is 1. The van der Waals surface area contributed by atoms with Gasteiger partial charge in [0.2, 0.25) is 11.9 Å². The van der Waals surface area contributed by atoms with E-state index in [1.807, 2.05) is 71.2 Å². The SMILES string of the molecule is CN(C)c1ncc(-c2ccc(Cl)cc2)c(C2CCCN(C(=O)Cc3ccsc3)C2)n1. The second-order valence-corrected chi connectivity index (χ2v) is 9.07. The van der Waals surface area contributed by atoms with Gasteiger partial charge in [-0.05, 0) is 52.9 Å². The lowest BCUT2D eigenvalue weighted by Crippen LogP contribution is -2.40. The quantitative estimate of drug-likeness (QED) is 0.567. The summed E-state index contributed by atoms with van der Waals surface area (Å²) in [7, 11) is 3.89. The van der Waals surface area contributed by atoms with Crippen LogP contribution in [0.5, 0.6) is 0 Å². The van der Waals surface area contributed by atoms with E-state index in [2.05, 4.69) is 4.98 Å². The third-order valence-corrected chi connectivity index (χ3v) is 6.44. The number of nitrogens with zero attached hydrogens (tertiary/aromatic N) is 4. The van der Waals surface area contributed by atoms with Crippen molar-refractivity contribution in [3.8, 4) is 11.1 Å². The Labute approximate surface area is 186 Å². The maximum Gasteiger partial charge on any atom is 0.227 e. The van der Waals surface area contributed by atoms with E-state index in [9.17, 15) is 4.79 Å². The van der Waals surface area contributed by atoms with Gasteiger partial charge in [0, 0.05) is 49.9 Å². The minimum absolute atomic E-state index is 0.178. The molecule has 1 aliphatic heterocycles. The molecule has 1 atom stereocenters. The number of hydrogen-bond donors (Lipinski definition) is 0.